The zero-order valence-corrected chi connectivity index (χ0v) is 18.1. The van der Waals surface area contributed by atoms with Gasteiger partial charge in [0.2, 0.25) is 0 Å². The molecular formula is C25H29N3O2. The molecule has 156 valence electrons. The molecule has 2 aromatic carbocycles. The second-order valence-electron chi connectivity index (χ2n) is 8.85. The Labute approximate surface area is 178 Å². The topological polar surface area (TPSA) is 52.7 Å². The van der Waals surface area contributed by atoms with E-state index in [0.717, 1.165) is 24.1 Å². The van der Waals surface area contributed by atoms with Gasteiger partial charge in [0, 0.05) is 17.8 Å². The number of anilines is 1. The predicted octanol–water partition coefficient (Wildman–Crippen LogP) is 4.89. The molecule has 3 amide bonds. The van der Waals surface area contributed by atoms with E-state index in [9.17, 15) is 9.59 Å². The number of amides is 3. The summed E-state index contributed by atoms with van der Waals surface area (Å²) in [6, 6.07) is 15.5. The van der Waals surface area contributed by atoms with Crippen molar-refractivity contribution in [3.63, 3.8) is 0 Å². The van der Waals surface area contributed by atoms with E-state index < -0.39 is 0 Å². The maximum absolute atomic E-state index is 12.8. The number of hydrogen-bond acceptors (Lipinski definition) is 3. The first-order chi connectivity index (χ1) is 14.3. The Bertz CT molecular complexity index is 1010. The van der Waals surface area contributed by atoms with Crippen molar-refractivity contribution in [2.75, 3.05) is 11.4 Å². The van der Waals surface area contributed by atoms with Gasteiger partial charge in [-0.2, -0.15) is 0 Å². The Balaban J connectivity index is 1.61. The third kappa shape index (κ3) is 3.60. The Morgan fingerprint density at radius 1 is 1.13 bits per heavy atom. The molecule has 1 saturated heterocycles. The van der Waals surface area contributed by atoms with Crippen LogP contribution in [-0.2, 0) is 11.3 Å². The van der Waals surface area contributed by atoms with Crippen molar-refractivity contribution in [3.05, 3.63) is 70.9 Å². The van der Waals surface area contributed by atoms with Gasteiger partial charge >= 0.3 is 6.03 Å². The van der Waals surface area contributed by atoms with Crippen molar-refractivity contribution in [2.45, 2.75) is 52.1 Å². The summed E-state index contributed by atoms with van der Waals surface area (Å²) in [7, 11) is 0. The summed E-state index contributed by atoms with van der Waals surface area (Å²) < 4.78 is 0. The minimum absolute atomic E-state index is 0.120. The molecule has 1 fully saturated rings. The van der Waals surface area contributed by atoms with E-state index in [4.69, 9.17) is 0 Å². The summed E-state index contributed by atoms with van der Waals surface area (Å²) in [4.78, 5) is 28.9. The number of benzene rings is 2. The number of nitrogens with one attached hydrogen (secondary N) is 1. The van der Waals surface area contributed by atoms with E-state index in [1.807, 2.05) is 36.4 Å². The third-order valence-corrected chi connectivity index (χ3v) is 6.18. The normalized spacial score (nSPS) is 21.7. The monoisotopic (exact) mass is 403 g/mol. The van der Waals surface area contributed by atoms with Crippen LogP contribution in [0, 0.1) is 0 Å². The number of urea groups is 1. The second kappa shape index (κ2) is 7.63. The van der Waals surface area contributed by atoms with Gasteiger partial charge < -0.3 is 10.2 Å². The lowest BCUT2D eigenvalue weighted by Crippen LogP contribution is -2.48. The van der Waals surface area contributed by atoms with Gasteiger partial charge in [-0.25, -0.2) is 4.79 Å². The van der Waals surface area contributed by atoms with Crippen LogP contribution in [-0.4, -0.2) is 28.9 Å². The summed E-state index contributed by atoms with van der Waals surface area (Å²) in [6.07, 6.45) is 2.86. The van der Waals surface area contributed by atoms with Gasteiger partial charge in [-0.15, -0.1) is 0 Å². The minimum atomic E-state index is -0.375. The molecule has 0 aromatic heterocycles. The first-order valence-corrected chi connectivity index (χ1v) is 10.6. The zero-order valence-electron chi connectivity index (χ0n) is 18.1. The van der Waals surface area contributed by atoms with Crippen molar-refractivity contribution in [3.8, 4) is 0 Å². The first-order valence-electron chi connectivity index (χ1n) is 10.6. The van der Waals surface area contributed by atoms with Crippen LogP contribution in [0.2, 0.25) is 0 Å². The van der Waals surface area contributed by atoms with Crippen LogP contribution in [0.5, 0.6) is 0 Å². The number of nitrogens with zero attached hydrogens (tertiary/aromatic N) is 2. The number of carbonyl (C=O) groups is 2. The van der Waals surface area contributed by atoms with Crippen LogP contribution >= 0.6 is 0 Å². The molecule has 0 spiro atoms. The standard InChI is InChI=1S/C25H29N3O2/c1-5-28-22-12-11-19(13-20(22)17(2)15-25(28,3)4)14-21-23(29)27(24(30)26-21)16-18-9-7-6-8-10-18/h6-14,17H,5,15-16H2,1-4H3,(H,26,30)/b21-14+. The largest absolute Gasteiger partial charge is 0.366 e. The number of rotatable bonds is 4. The zero-order chi connectivity index (χ0) is 21.5. The molecule has 0 bridgehead atoms. The highest BCUT2D eigenvalue weighted by Crippen LogP contribution is 2.43. The van der Waals surface area contributed by atoms with Crippen molar-refractivity contribution >= 4 is 23.7 Å². The van der Waals surface area contributed by atoms with Gasteiger partial charge in [-0.3, -0.25) is 9.69 Å². The highest BCUT2D eigenvalue weighted by Gasteiger charge is 2.36. The molecule has 4 rings (SSSR count). The minimum Gasteiger partial charge on any atom is -0.366 e. The number of imide groups is 1. The van der Waals surface area contributed by atoms with Gasteiger partial charge in [-0.1, -0.05) is 43.3 Å². The van der Waals surface area contributed by atoms with Gasteiger partial charge in [0.1, 0.15) is 5.70 Å². The smallest absolute Gasteiger partial charge is 0.329 e. The molecule has 2 heterocycles. The fourth-order valence-electron chi connectivity index (χ4n) is 4.85. The van der Waals surface area contributed by atoms with Gasteiger partial charge in [0.05, 0.1) is 6.54 Å². The molecule has 1 atom stereocenters. The van der Waals surface area contributed by atoms with Crippen molar-refractivity contribution < 1.29 is 9.59 Å². The van der Waals surface area contributed by atoms with E-state index >= 15 is 0 Å². The van der Waals surface area contributed by atoms with Gasteiger partial charge in [0.15, 0.2) is 0 Å². The van der Waals surface area contributed by atoms with Crippen LogP contribution in [0.15, 0.2) is 54.2 Å². The Morgan fingerprint density at radius 3 is 2.57 bits per heavy atom. The molecule has 5 heteroatoms. The molecule has 0 saturated carbocycles. The highest BCUT2D eigenvalue weighted by atomic mass is 16.2. The molecule has 5 nitrogen and oxygen atoms in total. The van der Waals surface area contributed by atoms with E-state index in [1.54, 1.807) is 6.08 Å². The average molecular weight is 404 g/mol. The van der Waals surface area contributed by atoms with Crippen molar-refractivity contribution in [1.29, 1.82) is 0 Å². The van der Waals surface area contributed by atoms with Crippen LogP contribution in [0.25, 0.3) is 6.08 Å². The summed E-state index contributed by atoms with van der Waals surface area (Å²) >= 11 is 0. The molecule has 0 aliphatic carbocycles. The third-order valence-electron chi connectivity index (χ3n) is 6.18. The fourth-order valence-corrected chi connectivity index (χ4v) is 4.85. The summed E-state index contributed by atoms with van der Waals surface area (Å²) in [5, 5.41) is 2.73. The Morgan fingerprint density at radius 2 is 1.87 bits per heavy atom. The molecule has 1 unspecified atom stereocenters. The average Bonchev–Trinajstić information content (AvgIpc) is 2.96. The maximum Gasteiger partial charge on any atom is 0.329 e. The van der Waals surface area contributed by atoms with E-state index in [1.165, 1.54) is 16.2 Å². The molecule has 2 aliphatic rings. The Kier molecular flexibility index (Phi) is 5.14. The second-order valence-corrected chi connectivity index (χ2v) is 8.85. The van der Waals surface area contributed by atoms with Gasteiger partial charge in [-0.05, 0) is 68.0 Å². The Hall–Kier alpha value is -3.08. The fraction of sp³-hybridized carbons (Fsp3) is 0.360. The van der Waals surface area contributed by atoms with E-state index in [0.29, 0.717) is 11.6 Å². The molecular weight excluding hydrogens is 374 g/mol. The summed E-state index contributed by atoms with van der Waals surface area (Å²) in [5.41, 5.74) is 4.86. The molecule has 0 radical (unpaired) electrons. The predicted molar refractivity (Wildman–Crippen MR) is 120 cm³/mol. The lowest BCUT2D eigenvalue weighted by molar-refractivity contribution is -0.123. The van der Waals surface area contributed by atoms with E-state index in [2.05, 4.69) is 50.0 Å². The van der Waals surface area contributed by atoms with Crippen LogP contribution in [0.3, 0.4) is 0 Å². The van der Waals surface area contributed by atoms with Gasteiger partial charge in [0.25, 0.3) is 5.91 Å². The van der Waals surface area contributed by atoms with Crippen LogP contribution in [0.4, 0.5) is 10.5 Å². The number of fused-ring (bicyclic) bond motifs is 1. The molecule has 30 heavy (non-hydrogen) atoms. The van der Waals surface area contributed by atoms with Crippen LogP contribution in [0.1, 0.15) is 56.7 Å². The summed E-state index contributed by atoms with van der Waals surface area (Å²) in [6.45, 7) is 10.3. The molecule has 1 N–H and O–H groups in total. The number of carbonyl (C=O) groups excluding carboxylic acids is 2. The maximum atomic E-state index is 12.8. The lowest BCUT2D eigenvalue weighted by atomic mass is 9.79. The summed E-state index contributed by atoms with van der Waals surface area (Å²) in [5.74, 6) is 0.144. The molecule has 2 aliphatic heterocycles. The lowest BCUT2D eigenvalue weighted by Gasteiger charge is -2.47. The van der Waals surface area contributed by atoms with E-state index in [-0.39, 0.29) is 24.0 Å². The van der Waals surface area contributed by atoms with Crippen LogP contribution < -0.4 is 10.2 Å². The first kappa shape index (κ1) is 20.2. The SMILES string of the molecule is CCN1c2ccc(/C=C3/NC(=O)N(Cc4ccccc4)C3=O)cc2C(C)CC1(C)C. The molecule has 2 aromatic rings. The highest BCUT2D eigenvalue weighted by molar-refractivity contribution is 6.13. The number of hydrogen-bond donors (Lipinski definition) is 1. The van der Waals surface area contributed by atoms with Crippen molar-refractivity contribution in [2.24, 2.45) is 0 Å². The van der Waals surface area contributed by atoms with Crippen molar-refractivity contribution in [1.82, 2.24) is 10.2 Å². The quantitative estimate of drug-likeness (QED) is 0.584.